The highest BCUT2D eigenvalue weighted by molar-refractivity contribution is 6.09. The molecule has 0 radical (unpaired) electrons. The van der Waals surface area contributed by atoms with Crippen LogP contribution < -0.4 is 21.5 Å². The fourth-order valence-corrected chi connectivity index (χ4v) is 4.90. The van der Waals surface area contributed by atoms with Crippen molar-refractivity contribution in [2.75, 3.05) is 23.4 Å². The molecule has 0 aliphatic carbocycles. The Balaban J connectivity index is 1.58. The zero-order chi connectivity index (χ0) is 27.1. The monoisotopic (exact) mass is 523 g/mol. The second-order valence-electron chi connectivity index (χ2n) is 9.55. The molecule has 3 heterocycles. The zero-order valence-electron chi connectivity index (χ0n) is 20.8. The lowest BCUT2D eigenvalue weighted by Crippen LogP contribution is -2.34. The Morgan fingerprint density at radius 1 is 1.16 bits per heavy atom. The minimum absolute atomic E-state index is 0.0827. The van der Waals surface area contributed by atoms with Crippen LogP contribution in [-0.4, -0.2) is 55.8 Å². The van der Waals surface area contributed by atoms with Crippen LogP contribution in [0.25, 0.3) is 16.6 Å². The molecule has 2 atom stereocenters. The number of nitrogens with two attached hydrogens (primary N) is 1. The Kier molecular flexibility index (Phi) is 6.67. The molecule has 1 fully saturated rings. The Morgan fingerprint density at radius 3 is 2.58 bits per heavy atom. The van der Waals surface area contributed by atoms with Crippen molar-refractivity contribution in [1.29, 1.82) is 0 Å². The smallest absolute Gasteiger partial charge is 0.276 e. The average Bonchev–Trinajstić information content (AvgIpc) is 3.48. The van der Waals surface area contributed by atoms with Gasteiger partial charge in [0.1, 0.15) is 11.4 Å². The van der Waals surface area contributed by atoms with Gasteiger partial charge in [-0.2, -0.15) is 14.9 Å². The van der Waals surface area contributed by atoms with Gasteiger partial charge in [0.15, 0.2) is 11.6 Å². The van der Waals surface area contributed by atoms with Gasteiger partial charge in [0, 0.05) is 30.1 Å². The minimum Gasteiger partial charge on any atom is -0.394 e. The molecule has 1 aliphatic rings. The summed E-state index contributed by atoms with van der Waals surface area (Å²) >= 11 is 0. The molecule has 198 valence electrons. The van der Waals surface area contributed by atoms with E-state index in [2.05, 4.69) is 15.5 Å². The molecule has 38 heavy (non-hydrogen) atoms. The zero-order valence-corrected chi connectivity index (χ0v) is 20.8. The number of amides is 1. The van der Waals surface area contributed by atoms with Crippen molar-refractivity contribution in [3.05, 3.63) is 76.3 Å². The fourth-order valence-electron chi connectivity index (χ4n) is 4.90. The first-order valence-electron chi connectivity index (χ1n) is 12.2. The molecule has 1 aliphatic heterocycles. The van der Waals surface area contributed by atoms with Crippen molar-refractivity contribution in [3.63, 3.8) is 0 Å². The molecule has 1 saturated heterocycles. The summed E-state index contributed by atoms with van der Waals surface area (Å²) in [5.74, 6) is -2.68. The lowest BCUT2D eigenvalue weighted by Gasteiger charge is -2.28. The Labute approximate surface area is 216 Å². The number of carbonyl (C=O) groups is 1. The van der Waals surface area contributed by atoms with Crippen molar-refractivity contribution >= 4 is 28.2 Å². The first-order valence-corrected chi connectivity index (χ1v) is 12.2. The third kappa shape index (κ3) is 4.41. The number of aliphatic hydroxyl groups excluding tert-OH is 1. The third-order valence-electron chi connectivity index (χ3n) is 6.62. The molecule has 12 heteroatoms. The molecular formula is C26H27F2N7O3. The van der Waals surface area contributed by atoms with Gasteiger partial charge in [-0.25, -0.2) is 8.78 Å². The standard InChI is InChI=1S/C26H27F2N7O3/c1-14(2)34-22-8-6-20(24(17(22)11-30-34)33-12-15(29)10-16(33)13-36)31-26(38)21-7-9-23(37)35(32-21)25-18(27)4-3-5-19(25)28/h3-9,11,14-16,36H,10,12-13,29H2,1-2H3,(H,31,38)/t15-,16-/m0/s1. The van der Waals surface area contributed by atoms with Crippen molar-refractivity contribution in [3.8, 4) is 5.69 Å². The van der Waals surface area contributed by atoms with Crippen LogP contribution in [0.1, 0.15) is 36.8 Å². The van der Waals surface area contributed by atoms with Gasteiger partial charge < -0.3 is 21.1 Å². The normalized spacial score (nSPS) is 17.5. The number of aromatic nitrogens is 4. The molecule has 0 bridgehead atoms. The van der Waals surface area contributed by atoms with Gasteiger partial charge in [-0.1, -0.05) is 6.07 Å². The molecule has 0 saturated carbocycles. The minimum atomic E-state index is -0.993. The van der Waals surface area contributed by atoms with Gasteiger partial charge in [-0.05, 0) is 50.6 Å². The second kappa shape index (κ2) is 9.95. The number of anilines is 2. The van der Waals surface area contributed by atoms with Crippen LogP contribution in [0.4, 0.5) is 20.2 Å². The number of nitrogens with one attached hydrogen (secondary N) is 1. The maximum Gasteiger partial charge on any atom is 0.276 e. The highest BCUT2D eigenvalue weighted by atomic mass is 19.1. The Bertz CT molecular complexity index is 1560. The molecule has 4 N–H and O–H groups in total. The number of hydrogen-bond donors (Lipinski definition) is 3. The lowest BCUT2D eigenvalue weighted by molar-refractivity contribution is 0.102. The average molecular weight is 524 g/mol. The fraction of sp³-hybridized carbons (Fsp3) is 0.308. The summed E-state index contributed by atoms with van der Waals surface area (Å²) < 4.78 is 31.1. The van der Waals surface area contributed by atoms with Crippen LogP contribution in [0.2, 0.25) is 0 Å². The quantitative estimate of drug-likeness (QED) is 0.354. The second-order valence-corrected chi connectivity index (χ2v) is 9.55. The van der Waals surface area contributed by atoms with Gasteiger partial charge in [0.05, 0.1) is 35.7 Å². The number of aliphatic hydroxyl groups is 1. The van der Waals surface area contributed by atoms with Crippen molar-refractivity contribution in [2.24, 2.45) is 5.73 Å². The van der Waals surface area contributed by atoms with E-state index in [1.54, 1.807) is 12.3 Å². The first-order chi connectivity index (χ1) is 18.2. The molecule has 4 aromatic rings. The number of halogens is 2. The molecule has 2 aromatic heterocycles. The SMILES string of the molecule is CC(C)n1ncc2c(N3C[C@@H](N)C[C@H]3CO)c(NC(=O)c3ccc(=O)n(-c4c(F)cccc4F)n3)ccc21. The van der Waals surface area contributed by atoms with E-state index in [1.807, 2.05) is 29.5 Å². The number of para-hydroxylation sites is 1. The van der Waals surface area contributed by atoms with Crippen LogP contribution in [0, 0.1) is 11.6 Å². The van der Waals surface area contributed by atoms with E-state index in [0.717, 1.165) is 29.1 Å². The van der Waals surface area contributed by atoms with Crippen LogP contribution in [0.3, 0.4) is 0 Å². The number of hydrogen-bond acceptors (Lipinski definition) is 7. The molecule has 0 unspecified atom stereocenters. The topological polar surface area (TPSA) is 131 Å². The summed E-state index contributed by atoms with van der Waals surface area (Å²) in [4.78, 5) is 27.7. The van der Waals surface area contributed by atoms with Crippen molar-refractivity contribution in [2.45, 2.75) is 38.4 Å². The molecular weight excluding hydrogens is 496 g/mol. The highest BCUT2D eigenvalue weighted by Gasteiger charge is 2.33. The third-order valence-corrected chi connectivity index (χ3v) is 6.62. The van der Waals surface area contributed by atoms with Crippen LogP contribution in [0.15, 0.2) is 53.5 Å². The maximum atomic E-state index is 14.3. The predicted octanol–water partition coefficient (Wildman–Crippen LogP) is 2.59. The summed E-state index contributed by atoms with van der Waals surface area (Å²) in [6.45, 7) is 4.33. The van der Waals surface area contributed by atoms with Crippen molar-refractivity contribution < 1.29 is 18.7 Å². The van der Waals surface area contributed by atoms with Crippen LogP contribution >= 0.6 is 0 Å². The van der Waals surface area contributed by atoms with Gasteiger partial charge in [0.2, 0.25) is 0 Å². The van der Waals surface area contributed by atoms with E-state index in [0.29, 0.717) is 29.0 Å². The number of benzene rings is 2. The Hall–Kier alpha value is -4.16. The van der Waals surface area contributed by atoms with Gasteiger partial charge in [-0.15, -0.1) is 0 Å². The largest absolute Gasteiger partial charge is 0.394 e. The summed E-state index contributed by atoms with van der Waals surface area (Å²) in [6.07, 6.45) is 2.28. The van der Waals surface area contributed by atoms with Crippen LogP contribution in [-0.2, 0) is 0 Å². The number of nitrogens with zero attached hydrogens (tertiary/aromatic N) is 5. The van der Waals surface area contributed by atoms with E-state index in [1.165, 1.54) is 12.1 Å². The van der Waals surface area contributed by atoms with Crippen LogP contribution in [0.5, 0.6) is 0 Å². The summed E-state index contributed by atoms with van der Waals surface area (Å²) in [5, 5.41) is 22.1. The van der Waals surface area contributed by atoms with Gasteiger partial charge in [-0.3, -0.25) is 14.3 Å². The molecule has 1 amide bonds. The highest BCUT2D eigenvalue weighted by Crippen LogP contribution is 2.39. The molecule has 2 aromatic carbocycles. The van der Waals surface area contributed by atoms with E-state index in [-0.39, 0.29) is 30.4 Å². The molecule has 5 rings (SSSR count). The van der Waals surface area contributed by atoms with Crippen molar-refractivity contribution in [1.82, 2.24) is 19.6 Å². The van der Waals surface area contributed by atoms with E-state index in [9.17, 15) is 23.5 Å². The van der Waals surface area contributed by atoms with Gasteiger partial charge >= 0.3 is 0 Å². The first kappa shape index (κ1) is 25.5. The summed E-state index contributed by atoms with van der Waals surface area (Å²) in [5.41, 5.74) is 6.40. The van der Waals surface area contributed by atoms with E-state index >= 15 is 0 Å². The Morgan fingerprint density at radius 2 is 1.89 bits per heavy atom. The summed E-state index contributed by atoms with van der Waals surface area (Å²) in [7, 11) is 0. The molecule has 10 nitrogen and oxygen atoms in total. The van der Waals surface area contributed by atoms with E-state index in [4.69, 9.17) is 5.73 Å². The maximum absolute atomic E-state index is 14.3. The molecule has 0 spiro atoms. The predicted molar refractivity (Wildman–Crippen MR) is 139 cm³/mol. The van der Waals surface area contributed by atoms with E-state index < -0.39 is 28.8 Å². The number of carbonyl (C=O) groups excluding carboxylic acids is 1. The number of rotatable bonds is 6. The summed E-state index contributed by atoms with van der Waals surface area (Å²) in [6, 6.07) is 8.56. The lowest BCUT2D eigenvalue weighted by atomic mass is 10.1. The van der Waals surface area contributed by atoms with Gasteiger partial charge in [0.25, 0.3) is 11.5 Å². The number of fused-ring (bicyclic) bond motifs is 1.